The van der Waals surface area contributed by atoms with E-state index < -0.39 is 22.2 Å². The fraction of sp³-hybridized carbons (Fsp3) is 0.0909. The van der Waals surface area contributed by atoms with Gasteiger partial charge in [0.15, 0.2) is 0 Å². The Morgan fingerprint density at radius 3 is 2.74 bits per heavy atom. The number of halogens is 3. The number of thiophene rings is 1. The van der Waals surface area contributed by atoms with Crippen LogP contribution < -0.4 is 5.32 Å². The van der Waals surface area contributed by atoms with Gasteiger partial charge in [-0.3, -0.25) is 10.1 Å². The summed E-state index contributed by atoms with van der Waals surface area (Å²) in [5, 5.41) is 15.3. The van der Waals surface area contributed by atoms with Gasteiger partial charge in [-0.25, -0.2) is 4.39 Å². The maximum absolute atomic E-state index is 13.4. The van der Waals surface area contributed by atoms with Crippen LogP contribution in [0.5, 0.6) is 0 Å². The molecule has 0 amide bonds. The van der Waals surface area contributed by atoms with Crippen molar-refractivity contribution >= 4 is 38.6 Å². The lowest BCUT2D eigenvalue weighted by Gasteiger charge is -2.07. The summed E-state index contributed by atoms with van der Waals surface area (Å²) in [6.45, 7) is 0.238. The van der Waals surface area contributed by atoms with Crippen LogP contribution in [0.15, 0.2) is 28.1 Å². The van der Waals surface area contributed by atoms with Crippen molar-refractivity contribution in [2.24, 2.45) is 0 Å². The Hall–Kier alpha value is -1.54. The molecule has 0 saturated heterocycles. The summed E-state index contributed by atoms with van der Waals surface area (Å²) in [5.74, 6) is -2.06. The SMILES string of the molecule is O=[N+]([O-])c1c(F)cc(F)cc1NCc1sccc1Br. The van der Waals surface area contributed by atoms with E-state index in [-0.39, 0.29) is 12.2 Å². The lowest BCUT2D eigenvalue weighted by atomic mass is 10.2. The number of rotatable bonds is 4. The molecule has 4 nitrogen and oxygen atoms in total. The highest BCUT2D eigenvalue weighted by Crippen LogP contribution is 2.30. The zero-order valence-corrected chi connectivity index (χ0v) is 11.7. The van der Waals surface area contributed by atoms with Crippen molar-refractivity contribution in [3.63, 3.8) is 0 Å². The van der Waals surface area contributed by atoms with Crippen molar-refractivity contribution in [1.82, 2.24) is 0 Å². The van der Waals surface area contributed by atoms with E-state index in [1.165, 1.54) is 11.3 Å². The summed E-state index contributed by atoms with van der Waals surface area (Å²) in [4.78, 5) is 10.8. The number of anilines is 1. The minimum absolute atomic E-state index is 0.178. The van der Waals surface area contributed by atoms with Gasteiger partial charge in [0, 0.05) is 21.5 Å². The maximum Gasteiger partial charge on any atom is 0.327 e. The van der Waals surface area contributed by atoms with Gasteiger partial charge in [0.2, 0.25) is 5.82 Å². The molecular formula is C11H7BrF2N2O2S. The van der Waals surface area contributed by atoms with Gasteiger partial charge in [-0.05, 0) is 27.4 Å². The fourth-order valence-electron chi connectivity index (χ4n) is 1.51. The van der Waals surface area contributed by atoms with Gasteiger partial charge in [0.05, 0.1) is 11.5 Å². The monoisotopic (exact) mass is 348 g/mol. The van der Waals surface area contributed by atoms with Gasteiger partial charge in [-0.1, -0.05) is 0 Å². The second kappa shape index (κ2) is 5.62. The minimum atomic E-state index is -1.20. The highest BCUT2D eigenvalue weighted by Gasteiger charge is 2.22. The van der Waals surface area contributed by atoms with E-state index in [1.54, 1.807) is 0 Å². The number of benzene rings is 1. The average molecular weight is 349 g/mol. The number of nitrogens with one attached hydrogen (secondary N) is 1. The molecular weight excluding hydrogens is 342 g/mol. The molecule has 0 unspecified atom stereocenters. The van der Waals surface area contributed by atoms with Gasteiger partial charge < -0.3 is 5.32 Å². The van der Waals surface area contributed by atoms with E-state index >= 15 is 0 Å². The van der Waals surface area contributed by atoms with Gasteiger partial charge in [0.25, 0.3) is 0 Å². The van der Waals surface area contributed by atoms with Crippen LogP contribution in [0.4, 0.5) is 20.2 Å². The zero-order valence-electron chi connectivity index (χ0n) is 9.32. The number of nitro benzene ring substituents is 1. The summed E-state index contributed by atoms with van der Waals surface area (Å²) < 4.78 is 27.3. The second-order valence-electron chi connectivity index (χ2n) is 3.59. The standard InChI is InChI=1S/C11H7BrF2N2O2S/c12-7-1-2-19-10(7)5-15-9-4-6(13)3-8(14)11(9)16(17)18/h1-4,15H,5H2. The summed E-state index contributed by atoms with van der Waals surface area (Å²) in [6, 6.07) is 3.22. The summed E-state index contributed by atoms with van der Waals surface area (Å²) in [5.41, 5.74) is -0.933. The highest BCUT2D eigenvalue weighted by atomic mass is 79.9. The molecule has 2 aromatic rings. The van der Waals surface area contributed by atoms with E-state index in [2.05, 4.69) is 21.2 Å². The molecule has 0 spiro atoms. The van der Waals surface area contributed by atoms with Crippen LogP contribution in [-0.2, 0) is 6.54 Å². The average Bonchev–Trinajstić information content (AvgIpc) is 2.70. The smallest absolute Gasteiger partial charge is 0.327 e. The molecule has 0 aliphatic carbocycles. The van der Waals surface area contributed by atoms with E-state index in [0.29, 0.717) is 6.07 Å². The first-order valence-corrected chi connectivity index (χ1v) is 6.75. The van der Waals surface area contributed by atoms with Crippen LogP contribution in [0.3, 0.4) is 0 Å². The van der Waals surface area contributed by atoms with E-state index in [1.807, 2.05) is 11.4 Å². The van der Waals surface area contributed by atoms with Gasteiger partial charge >= 0.3 is 5.69 Å². The molecule has 0 bridgehead atoms. The van der Waals surface area contributed by atoms with Gasteiger partial charge in [-0.15, -0.1) is 11.3 Å². The molecule has 2 rings (SSSR count). The maximum atomic E-state index is 13.4. The van der Waals surface area contributed by atoms with Crippen molar-refractivity contribution in [1.29, 1.82) is 0 Å². The molecule has 1 heterocycles. The zero-order chi connectivity index (χ0) is 14.0. The molecule has 0 aliphatic heterocycles. The Morgan fingerprint density at radius 2 is 2.16 bits per heavy atom. The number of nitro groups is 1. The number of nitrogens with zero attached hydrogens (tertiary/aromatic N) is 1. The topological polar surface area (TPSA) is 55.2 Å². The summed E-state index contributed by atoms with van der Waals surface area (Å²) in [6.07, 6.45) is 0. The predicted molar refractivity (Wildman–Crippen MR) is 72.4 cm³/mol. The van der Waals surface area contributed by atoms with Crippen molar-refractivity contribution in [3.8, 4) is 0 Å². The number of hydrogen-bond acceptors (Lipinski definition) is 4. The predicted octanol–water partition coefficient (Wildman–Crippen LogP) is 4.31. The van der Waals surface area contributed by atoms with Crippen LogP contribution in [0, 0.1) is 21.7 Å². The lowest BCUT2D eigenvalue weighted by Crippen LogP contribution is -2.04. The highest BCUT2D eigenvalue weighted by molar-refractivity contribution is 9.10. The van der Waals surface area contributed by atoms with Crippen LogP contribution in [0.1, 0.15) is 4.88 Å². The van der Waals surface area contributed by atoms with Crippen molar-refractivity contribution < 1.29 is 13.7 Å². The van der Waals surface area contributed by atoms with Crippen molar-refractivity contribution in [2.45, 2.75) is 6.54 Å². The van der Waals surface area contributed by atoms with Crippen LogP contribution in [0.25, 0.3) is 0 Å². The molecule has 0 radical (unpaired) electrons. The summed E-state index contributed by atoms with van der Waals surface area (Å²) in [7, 11) is 0. The van der Waals surface area contributed by atoms with Crippen molar-refractivity contribution in [3.05, 3.63) is 54.7 Å². The third kappa shape index (κ3) is 3.07. The molecule has 0 fully saturated rings. The minimum Gasteiger partial charge on any atom is -0.374 e. The Morgan fingerprint density at radius 1 is 1.42 bits per heavy atom. The molecule has 100 valence electrons. The third-order valence-electron chi connectivity index (χ3n) is 2.34. The van der Waals surface area contributed by atoms with Crippen LogP contribution >= 0.6 is 27.3 Å². The molecule has 1 aromatic carbocycles. The normalized spacial score (nSPS) is 10.5. The Labute approximate surface area is 119 Å². The molecule has 1 aromatic heterocycles. The van der Waals surface area contributed by atoms with Gasteiger partial charge in [0.1, 0.15) is 11.5 Å². The lowest BCUT2D eigenvalue weighted by molar-refractivity contribution is -0.386. The molecule has 8 heteroatoms. The molecule has 0 aliphatic rings. The van der Waals surface area contributed by atoms with Crippen LogP contribution in [-0.4, -0.2) is 4.92 Å². The molecule has 0 saturated carbocycles. The fourth-order valence-corrected chi connectivity index (χ4v) is 2.95. The third-order valence-corrected chi connectivity index (χ3v) is 4.27. The molecule has 0 atom stereocenters. The van der Waals surface area contributed by atoms with E-state index in [4.69, 9.17) is 0 Å². The Bertz CT molecular complexity index is 633. The van der Waals surface area contributed by atoms with E-state index in [9.17, 15) is 18.9 Å². The molecule has 19 heavy (non-hydrogen) atoms. The second-order valence-corrected chi connectivity index (χ2v) is 5.44. The first-order valence-electron chi connectivity index (χ1n) is 5.08. The Kier molecular flexibility index (Phi) is 4.11. The molecule has 1 N–H and O–H groups in total. The first-order chi connectivity index (χ1) is 8.99. The number of hydrogen-bond donors (Lipinski definition) is 1. The Balaban J connectivity index is 2.29. The van der Waals surface area contributed by atoms with Gasteiger partial charge in [-0.2, -0.15) is 4.39 Å². The van der Waals surface area contributed by atoms with Crippen LogP contribution in [0.2, 0.25) is 0 Å². The quantitative estimate of drug-likeness (QED) is 0.661. The summed E-state index contributed by atoms with van der Waals surface area (Å²) >= 11 is 4.73. The van der Waals surface area contributed by atoms with Crippen molar-refractivity contribution in [2.75, 3.05) is 5.32 Å². The largest absolute Gasteiger partial charge is 0.374 e. The first kappa shape index (κ1) is 13.9. The van der Waals surface area contributed by atoms with E-state index in [0.717, 1.165) is 15.4 Å².